The van der Waals surface area contributed by atoms with Crippen molar-refractivity contribution in [2.75, 3.05) is 24.1 Å². The lowest BCUT2D eigenvalue weighted by Gasteiger charge is -2.11. The number of nitrogens with two attached hydrogens (primary N) is 1. The van der Waals surface area contributed by atoms with E-state index >= 15 is 0 Å². The van der Waals surface area contributed by atoms with Crippen LogP contribution in [-0.4, -0.2) is 34.0 Å². The Balaban J connectivity index is 1.99. The van der Waals surface area contributed by atoms with Crippen LogP contribution >= 0.6 is 0 Å². The largest absolute Gasteiger partial charge is 0.397 e. The molecule has 0 fully saturated rings. The van der Waals surface area contributed by atoms with Crippen molar-refractivity contribution in [3.63, 3.8) is 0 Å². The Kier molecular flexibility index (Phi) is 4.54. The van der Waals surface area contributed by atoms with E-state index in [1.165, 1.54) is 0 Å². The van der Waals surface area contributed by atoms with Gasteiger partial charge >= 0.3 is 0 Å². The van der Waals surface area contributed by atoms with Gasteiger partial charge in [0.2, 0.25) is 0 Å². The number of aromatic nitrogens is 3. The van der Waals surface area contributed by atoms with Gasteiger partial charge in [0.1, 0.15) is 0 Å². The minimum Gasteiger partial charge on any atom is -0.397 e. The highest BCUT2D eigenvalue weighted by Gasteiger charge is 2.07. The van der Waals surface area contributed by atoms with Crippen LogP contribution in [-0.2, 0) is 6.54 Å². The van der Waals surface area contributed by atoms with Crippen molar-refractivity contribution < 1.29 is 4.79 Å². The summed E-state index contributed by atoms with van der Waals surface area (Å²) in [4.78, 5) is 11.8. The van der Waals surface area contributed by atoms with Crippen molar-refractivity contribution in [1.29, 1.82) is 0 Å². The maximum atomic E-state index is 11.8. The Bertz CT molecular complexity index is 566. The van der Waals surface area contributed by atoms with Crippen LogP contribution in [0.1, 0.15) is 17.3 Å². The standard InChI is InChI=1S/C13H18N6O/c1-2-15-13(20)10-3-4-11(14)12(9-10)16-5-7-19-8-6-17-18-19/h3-4,6,8-9,16H,2,5,7,14H2,1H3,(H,15,20). The van der Waals surface area contributed by atoms with Crippen LogP contribution in [0.3, 0.4) is 0 Å². The second kappa shape index (κ2) is 6.55. The fourth-order valence-corrected chi connectivity index (χ4v) is 1.77. The second-order valence-corrected chi connectivity index (χ2v) is 4.25. The van der Waals surface area contributed by atoms with Gasteiger partial charge < -0.3 is 16.4 Å². The number of amides is 1. The quantitative estimate of drug-likeness (QED) is 0.674. The van der Waals surface area contributed by atoms with E-state index < -0.39 is 0 Å². The number of anilines is 2. The molecule has 4 N–H and O–H groups in total. The number of hydrogen-bond donors (Lipinski definition) is 3. The molecule has 0 unspecified atom stereocenters. The molecule has 0 saturated carbocycles. The maximum absolute atomic E-state index is 11.8. The molecule has 2 rings (SSSR count). The highest BCUT2D eigenvalue weighted by molar-refractivity contribution is 5.96. The highest BCUT2D eigenvalue weighted by atomic mass is 16.1. The molecular formula is C13H18N6O. The van der Waals surface area contributed by atoms with E-state index in [9.17, 15) is 4.79 Å². The first-order valence-electron chi connectivity index (χ1n) is 6.46. The second-order valence-electron chi connectivity index (χ2n) is 4.25. The third-order valence-electron chi connectivity index (χ3n) is 2.78. The fourth-order valence-electron chi connectivity index (χ4n) is 1.77. The Morgan fingerprint density at radius 3 is 3.00 bits per heavy atom. The molecule has 20 heavy (non-hydrogen) atoms. The Morgan fingerprint density at radius 2 is 2.30 bits per heavy atom. The summed E-state index contributed by atoms with van der Waals surface area (Å²) in [5.41, 5.74) is 7.83. The first-order valence-corrected chi connectivity index (χ1v) is 6.46. The van der Waals surface area contributed by atoms with Gasteiger partial charge in [-0.1, -0.05) is 5.21 Å². The average molecular weight is 274 g/mol. The van der Waals surface area contributed by atoms with E-state index in [-0.39, 0.29) is 5.91 Å². The molecule has 0 aliphatic rings. The molecule has 7 heteroatoms. The molecule has 0 aliphatic heterocycles. The molecule has 0 atom stereocenters. The molecule has 1 heterocycles. The molecule has 1 aromatic carbocycles. The third kappa shape index (κ3) is 3.47. The topological polar surface area (TPSA) is 97.9 Å². The summed E-state index contributed by atoms with van der Waals surface area (Å²) < 4.78 is 1.72. The molecule has 1 aromatic heterocycles. The van der Waals surface area contributed by atoms with E-state index in [4.69, 9.17) is 5.73 Å². The van der Waals surface area contributed by atoms with Gasteiger partial charge in [-0.05, 0) is 25.1 Å². The first-order chi connectivity index (χ1) is 9.70. The van der Waals surface area contributed by atoms with Gasteiger partial charge in [0.05, 0.1) is 24.1 Å². The van der Waals surface area contributed by atoms with E-state index in [0.29, 0.717) is 30.9 Å². The summed E-state index contributed by atoms with van der Waals surface area (Å²) in [6.45, 7) is 3.79. The minimum absolute atomic E-state index is 0.105. The molecule has 2 aromatic rings. The van der Waals surface area contributed by atoms with Crippen molar-refractivity contribution in [2.45, 2.75) is 13.5 Å². The molecule has 0 radical (unpaired) electrons. The van der Waals surface area contributed by atoms with Gasteiger partial charge in [0.25, 0.3) is 5.91 Å². The monoisotopic (exact) mass is 274 g/mol. The predicted molar refractivity (Wildman–Crippen MR) is 77.4 cm³/mol. The summed E-state index contributed by atoms with van der Waals surface area (Å²) in [7, 11) is 0. The minimum atomic E-state index is -0.105. The van der Waals surface area contributed by atoms with E-state index in [0.717, 1.165) is 5.69 Å². The van der Waals surface area contributed by atoms with Crippen molar-refractivity contribution in [3.8, 4) is 0 Å². The van der Waals surface area contributed by atoms with E-state index in [2.05, 4.69) is 20.9 Å². The Labute approximate surface area is 117 Å². The normalized spacial score (nSPS) is 10.2. The molecule has 106 valence electrons. The van der Waals surface area contributed by atoms with Crippen LogP contribution in [0.2, 0.25) is 0 Å². The van der Waals surface area contributed by atoms with Crippen molar-refractivity contribution >= 4 is 17.3 Å². The van der Waals surface area contributed by atoms with Crippen molar-refractivity contribution in [3.05, 3.63) is 36.2 Å². The smallest absolute Gasteiger partial charge is 0.251 e. The zero-order valence-electron chi connectivity index (χ0n) is 11.3. The summed E-state index contributed by atoms with van der Waals surface area (Å²) in [5.74, 6) is -0.105. The number of rotatable bonds is 6. The number of hydrogen-bond acceptors (Lipinski definition) is 5. The van der Waals surface area contributed by atoms with Crippen LogP contribution in [0.5, 0.6) is 0 Å². The van der Waals surface area contributed by atoms with Crippen LogP contribution in [0, 0.1) is 0 Å². The highest BCUT2D eigenvalue weighted by Crippen LogP contribution is 2.19. The number of carbonyl (C=O) groups is 1. The fraction of sp³-hybridized carbons (Fsp3) is 0.308. The van der Waals surface area contributed by atoms with Gasteiger partial charge in [-0.2, -0.15) is 0 Å². The summed E-state index contributed by atoms with van der Waals surface area (Å²) in [5, 5.41) is 13.6. The first kappa shape index (κ1) is 13.9. The molecule has 0 spiro atoms. The lowest BCUT2D eigenvalue weighted by molar-refractivity contribution is 0.0956. The van der Waals surface area contributed by atoms with E-state index in [1.54, 1.807) is 35.3 Å². The third-order valence-corrected chi connectivity index (χ3v) is 2.78. The van der Waals surface area contributed by atoms with E-state index in [1.807, 2.05) is 6.92 Å². The number of nitrogens with one attached hydrogen (secondary N) is 2. The number of nitrogens with zero attached hydrogens (tertiary/aromatic N) is 3. The van der Waals surface area contributed by atoms with Gasteiger partial charge in [0.15, 0.2) is 0 Å². The van der Waals surface area contributed by atoms with Gasteiger partial charge in [-0.25, -0.2) is 0 Å². The zero-order chi connectivity index (χ0) is 14.4. The number of benzene rings is 1. The van der Waals surface area contributed by atoms with Crippen LogP contribution < -0.4 is 16.4 Å². The zero-order valence-corrected chi connectivity index (χ0v) is 11.3. The summed E-state index contributed by atoms with van der Waals surface area (Å²) >= 11 is 0. The van der Waals surface area contributed by atoms with Crippen molar-refractivity contribution in [1.82, 2.24) is 20.3 Å². The molecule has 7 nitrogen and oxygen atoms in total. The molecular weight excluding hydrogens is 256 g/mol. The Hall–Kier alpha value is -2.57. The average Bonchev–Trinajstić information content (AvgIpc) is 2.94. The predicted octanol–water partition coefficient (Wildman–Crippen LogP) is 0.722. The number of carbonyl (C=O) groups excluding carboxylic acids is 1. The molecule has 1 amide bonds. The molecule has 0 bridgehead atoms. The number of nitrogen functional groups attached to an aromatic ring is 1. The lowest BCUT2D eigenvalue weighted by atomic mass is 10.1. The van der Waals surface area contributed by atoms with Crippen molar-refractivity contribution in [2.24, 2.45) is 0 Å². The molecule has 0 saturated heterocycles. The maximum Gasteiger partial charge on any atom is 0.251 e. The van der Waals surface area contributed by atoms with Crippen LogP contribution in [0.4, 0.5) is 11.4 Å². The van der Waals surface area contributed by atoms with Crippen LogP contribution in [0.15, 0.2) is 30.6 Å². The lowest BCUT2D eigenvalue weighted by Crippen LogP contribution is -2.23. The summed E-state index contributed by atoms with van der Waals surface area (Å²) in [6.07, 6.45) is 3.42. The van der Waals surface area contributed by atoms with Gasteiger partial charge in [-0.3, -0.25) is 9.48 Å². The Morgan fingerprint density at radius 1 is 1.45 bits per heavy atom. The summed E-state index contributed by atoms with van der Waals surface area (Å²) in [6, 6.07) is 5.19. The SMILES string of the molecule is CCNC(=O)c1ccc(N)c(NCCn2ccnn2)c1. The molecule has 0 aliphatic carbocycles. The van der Waals surface area contributed by atoms with Gasteiger partial charge in [-0.15, -0.1) is 5.10 Å². The van der Waals surface area contributed by atoms with Gasteiger partial charge in [0, 0.05) is 24.8 Å². The van der Waals surface area contributed by atoms with Crippen LogP contribution in [0.25, 0.3) is 0 Å².